The number of nitrogens with one attached hydrogen (secondary N) is 1. The largest absolute Gasteiger partial charge is 0.486 e. The number of hydrogen-bond donors (Lipinski definition) is 1. The van der Waals surface area contributed by atoms with Gasteiger partial charge in [0.05, 0.1) is 5.69 Å². The molecule has 110 valence electrons. The van der Waals surface area contributed by atoms with Gasteiger partial charge in [0.1, 0.15) is 13.2 Å². The molecule has 5 heteroatoms. The fourth-order valence-corrected chi connectivity index (χ4v) is 2.97. The van der Waals surface area contributed by atoms with Crippen LogP contribution in [0.15, 0.2) is 41.4 Å². The molecule has 0 radical (unpaired) electrons. The normalized spacial score (nSPS) is 13.0. The molecule has 0 bridgehead atoms. The van der Waals surface area contributed by atoms with Crippen molar-refractivity contribution in [2.75, 3.05) is 25.1 Å². The summed E-state index contributed by atoms with van der Waals surface area (Å²) in [6, 6.07) is 10.1. The van der Waals surface area contributed by atoms with Gasteiger partial charge in [-0.1, -0.05) is 0 Å². The highest BCUT2D eigenvalue weighted by Crippen LogP contribution is 2.35. The first-order valence-electron chi connectivity index (χ1n) is 7.06. The predicted octanol–water partition coefficient (Wildman–Crippen LogP) is 3.58. The Morgan fingerprint density at radius 1 is 1.14 bits per heavy atom. The Balaban J connectivity index is 1.66. The van der Waals surface area contributed by atoms with Crippen molar-refractivity contribution in [3.8, 4) is 11.5 Å². The van der Waals surface area contributed by atoms with Gasteiger partial charge in [0.25, 0.3) is 0 Å². The van der Waals surface area contributed by atoms with E-state index in [0.717, 1.165) is 40.1 Å². The maximum absolute atomic E-state index is 5.60. The number of nitrogens with zero attached hydrogens (tertiary/aromatic N) is 1. The molecule has 0 atom stereocenters. The number of aromatic nitrogens is 1. The summed E-state index contributed by atoms with van der Waals surface area (Å²) < 4.78 is 11.1. The molecule has 0 fully saturated rings. The zero-order valence-corrected chi connectivity index (χ0v) is 12.8. The standard InChI is InChI=1S/C16H18N2O2S/c1-2-17-12-5-6-18-13(9-12)11-21-14-3-4-15-16(10-14)20-8-7-19-15/h3-6,9-10H,2,7-8,11H2,1H3,(H,17,18). The second-order valence-electron chi connectivity index (χ2n) is 4.66. The van der Waals surface area contributed by atoms with Gasteiger partial charge in [0, 0.05) is 29.1 Å². The first kappa shape index (κ1) is 14.1. The molecule has 3 rings (SSSR count). The Morgan fingerprint density at radius 3 is 2.86 bits per heavy atom. The van der Waals surface area contributed by atoms with Gasteiger partial charge in [-0.15, -0.1) is 11.8 Å². The van der Waals surface area contributed by atoms with E-state index in [0.29, 0.717) is 13.2 Å². The molecular formula is C16H18N2O2S. The van der Waals surface area contributed by atoms with Crippen molar-refractivity contribution in [2.24, 2.45) is 0 Å². The molecule has 0 saturated carbocycles. The van der Waals surface area contributed by atoms with E-state index in [-0.39, 0.29) is 0 Å². The van der Waals surface area contributed by atoms with Gasteiger partial charge in [-0.3, -0.25) is 4.98 Å². The number of pyridine rings is 1. The summed E-state index contributed by atoms with van der Waals surface area (Å²) in [6.45, 7) is 4.25. The lowest BCUT2D eigenvalue weighted by Gasteiger charge is -2.18. The summed E-state index contributed by atoms with van der Waals surface area (Å²) >= 11 is 1.75. The molecule has 1 aliphatic rings. The minimum Gasteiger partial charge on any atom is -0.486 e. The lowest BCUT2D eigenvalue weighted by atomic mass is 10.3. The lowest BCUT2D eigenvalue weighted by Crippen LogP contribution is -2.15. The third kappa shape index (κ3) is 3.61. The van der Waals surface area contributed by atoms with Gasteiger partial charge in [-0.2, -0.15) is 0 Å². The van der Waals surface area contributed by atoms with E-state index in [4.69, 9.17) is 9.47 Å². The van der Waals surface area contributed by atoms with E-state index in [9.17, 15) is 0 Å². The maximum Gasteiger partial charge on any atom is 0.162 e. The highest BCUT2D eigenvalue weighted by atomic mass is 32.2. The predicted molar refractivity (Wildman–Crippen MR) is 85.4 cm³/mol. The zero-order chi connectivity index (χ0) is 14.5. The van der Waals surface area contributed by atoms with E-state index in [1.165, 1.54) is 0 Å². The van der Waals surface area contributed by atoms with E-state index in [1.807, 2.05) is 24.4 Å². The molecule has 1 aliphatic heterocycles. The first-order chi connectivity index (χ1) is 10.3. The van der Waals surface area contributed by atoms with Crippen LogP contribution in [0.2, 0.25) is 0 Å². The van der Waals surface area contributed by atoms with Gasteiger partial charge in [0.2, 0.25) is 0 Å². The summed E-state index contributed by atoms with van der Waals surface area (Å²) in [5, 5.41) is 3.30. The van der Waals surface area contributed by atoms with Crippen LogP contribution in [0, 0.1) is 0 Å². The topological polar surface area (TPSA) is 43.4 Å². The van der Waals surface area contributed by atoms with E-state index >= 15 is 0 Å². The van der Waals surface area contributed by atoms with Crippen LogP contribution >= 0.6 is 11.8 Å². The summed E-state index contributed by atoms with van der Waals surface area (Å²) in [4.78, 5) is 5.57. The van der Waals surface area contributed by atoms with Crippen molar-refractivity contribution >= 4 is 17.4 Å². The highest BCUT2D eigenvalue weighted by molar-refractivity contribution is 7.98. The van der Waals surface area contributed by atoms with Crippen molar-refractivity contribution < 1.29 is 9.47 Å². The molecule has 4 nitrogen and oxygen atoms in total. The monoisotopic (exact) mass is 302 g/mol. The first-order valence-corrected chi connectivity index (χ1v) is 8.05. The molecule has 0 aliphatic carbocycles. The number of rotatable bonds is 5. The van der Waals surface area contributed by atoms with Crippen molar-refractivity contribution in [3.63, 3.8) is 0 Å². The third-order valence-corrected chi connectivity index (χ3v) is 4.13. The Morgan fingerprint density at radius 2 is 2.00 bits per heavy atom. The number of hydrogen-bond acceptors (Lipinski definition) is 5. The van der Waals surface area contributed by atoms with Crippen LogP contribution < -0.4 is 14.8 Å². The van der Waals surface area contributed by atoms with Crippen molar-refractivity contribution in [1.82, 2.24) is 4.98 Å². The van der Waals surface area contributed by atoms with Crippen LogP contribution in [0.5, 0.6) is 11.5 Å². The van der Waals surface area contributed by atoms with Gasteiger partial charge in [-0.25, -0.2) is 0 Å². The van der Waals surface area contributed by atoms with Gasteiger partial charge >= 0.3 is 0 Å². The van der Waals surface area contributed by atoms with E-state index in [1.54, 1.807) is 11.8 Å². The van der Waals surface area contributed by atoms with Gasteiger partial charge in [0.15, 0.2) is 11.5 Å². The SMILES string of the molecule is CCNc1ccnc(CSc2ccc3c(c2)OCCO3)c1. The number of benzene rings is 1. The highest BCUT2D eigenvalue weighted by Gasteiger charge is 2.11. The fraction of sp³-hybridized carbons (Fsp3) is 0.312. The Bertz CT molecular complexity index is 619. The molecule has 0 spiro atoms. The van der Waals surface area contributed by atoms with Crippen molar-refractivity contribution in [1.29, 1.82) is 0 Å². The average molecular weight is 302 g/mol. The second kappa shape index (κ2) is 6.72. The number of anilines is 1. The van der Waals surface area contributed by atoms with Gasteiger partial charge in [-0.05, 0) is 37.3 Å². The minimum absolute atomic E-state index is 0.618. The third-order valence-electron chi connectivity index (χ3n) is 3.10. The summed E-state index contributed by atoms with van der Waals surface area (Å²) in [6.07, 6.45) is 1.84. The van der Waals surface area contributed by atoms with Crippen molar-refractivity contribution in [2.45, 2.75) is 17.6 Å². The zero-order valence-electron chi connectivity index (χ0n) is 12.0. The van der Waals surface area contributed by atoms with Crippen LogP contribution in [0.25, 0.3) is 0 Å². The van der Waals surface area contributed by atoms with E-state index in [2.05, 4.69) is 29.4 Å². The van der Waals surface area contributed by atoms with Crippen LogP contribution in [0.1, 0.15) is 12.6 Å². The van der Waals surface area contributed by atoms with Crippen LogP contribution in [-0.2, 0) is 5.75 Å². The second-order valence-corrected chi connectivity index (χ2v) is 5.71. The number of ether oxygens (including phenoxy) is 2. The molecular weight excluding hydrogens is 284 g/mol. The molecule has 1 N–H and O–H groups in total. The molecule has 21 heavy (non-hydrogen) atoms. The molecule has 0 saturated heterocycles. The van der Waals surface area contributed by atoms with Crippen molar-refractivity contribution in [3.05, 3.63) is 42.2 Å². The average Bonchev–Trinajstić information content (AvgIpc) is 2.53. The molecule has 2 heterocycles. The Labute approximate surface area is 128 Å². The summed E-state index contributed by atoms with van der Waals surface area (Å²) in [5.41, 5.74) is 2.18. The van der Waals surface area contributed by atoms with E-state index < -0.39 is 0 Å². The smallest absolute Gasteiger partial charge is 0.162 e. The molecule has 1 aromatic heterocycles. The van der Waals surface area contributed by atoms with Gasteiger partial charge < -0.3 is 14.8 Å². The number of fused-ring (bicyclic) bond motifs is 1. The van der Waals surface area contributed by atoms with Crippen LogP contribution in [0.4, 0.5) is 5.69 Å². The maximum atomic E-state index is 5.60. The summed E-state index contributed by atoms with van der Waals surface area (Å²) in [5.74, 6) is 2.50. The van der Waals surface area contributed by atoms with Crippen LogP contribution in [0.3, 0.4) is 0 Å². The Kier molecular flexibility index (Phi) is 4.50. The lowest BCUT2D eigenvalue weighted by molar-refractivity contribution is 0.171. The van der Waals surface area contributed by atoms with Crippen LogP contribution in [-0.4, -0.2) is 24.7 Å². The molecule has 0 unspecified atom stereocenters. The Hall–Kier alpha value is -1.88. The quantitative estimate of drug-likeness (QED) is 0.855. The minimum atomic E-state index is 0.618. The summed E-state index contributed by atoms with van der Waals surface area (Å²) in [7, 11) is 0. The molecule has 2 aromatic rings. The number of thioether (sulfide) groups is 1. The molecule has 0 amide bonds. The fourth-order valence-electron chi connectivity index (χ4n) is 2.14. The molecule has 1 aromatic carbocycles.